The zero-order chi connectivity index (χ0) is 11.7. The average molecular weight is 238 g/mol. The van der Waals surface area contributed by atoms with Crippen molar-refractivity contribution in [1.29, 1.82) is 0 Å². The lowest BCUT2D eigenvalue weighted by atomic mass is 10.2. The van der Waals surface area contributed by atoms with Gasteiger partial charge in [0, 0.05) is 19.5 Å². The van der Waals surface area contributed by atoms with E-state index in [1.54, 1.807) is 6.92 Å². The van der Waals surface area contributed by atoms with Crippen LogP contribution in [-0.2, 0) is 15.0 Å². The SMILES string of the molecule is CCNS(=O)(=O)NCCCCCC(=O)O. The van der Waals surface area contributed by atoms with Crippen molar-refractivity contribution in [2.75, 3.05) is 13.1 Å². The van der Waals surface area contributed by atoms with Crippen molar-refractivity contribution >= 4 is 16.2 Å². The molecule has 0 aliphatic heterocycles. The summed E-state index contributed by atoms with van der Waals surface area (Å²) in [4.78, 5) is 10.2. The molecule has 0 heterocycles. The highest BCUT2D eigenvalue weighted by atomic mass is 32.2. The van der Waals surface area contributed by atoms with E-state index in [1.807, 2.05) is 0 Å². The Labute approximate surface area is 90.2 Å². The van der Waals surface area contributed by atoms with E-state index in [0.717, 1.165) is 0 Å². The van der Waals surface area contributed by atoms with Gasteiger partial charge in [0.05, 0.1) is 0 Å². The van der Waals surface area contributed by atoms with Crippen molar-refractivity contribution in [3.8, 4) is 0 Å². The summed E-state index contributed by atoms with van der Waals surface area (Å²) in [6.45, 7) is 2.40. The molecular weight excluding hydrogens is 220 g/mol. The summed E-state index contributed by atoms with van der Waals surface area (Å²) in [5.74, 6) is -0.816. The second-order valence-corrected chi connectivity index (χ2v) is 4.68. The van der Waals surface area contributed by atoms with Crippen LogP contribution in [0.25, 0.3) is 0 Å². The van der Waals surface area contributed by atoms with Gasteiger partial charge in [0.15, 0.2) is 0 Å². The summed E-state index contributed by atoms with van der Waals surface area (Å²) in [6.07, 6.45) is 2.08. The zero-order valence-corrected chi connectivity index (χ0v) is 9.64. The molecule has 15 heavy (non-hydrogen) atoms. The van der Waals surface area contributed by atoms with E-state index in [4.69, 9.17) is 5.11 Å². The number of hydrogen-bond acceptors (Lipinski definition) is 3. The molecule has 0 saturated carbocycles. The minimum Gasteiger partial charge on any atom is -0.481 e. The molecule has 0 aromatic rings. The molecule has 0 radical (unpaired) electrons. The van der Waals surface area contributed by atoms with Gasteiger partial charge in [-0.1, -0.05) is 13.3 Å². The fourth-order valence-electron chi connectivity index (χ4n) is 1.03. The molecule has 0 saturated heterocycles. The first-order valence-corrected chi connectivity index (χ1v) is 6.42. The van der Waals surface area contributed by atoms with Crippen LogP contribution in [0.4, 0.5) is 0 Å². The molecule has 0 rings (SSSR count). The first-order chi connectivity index (χ1) is 6.98. The summed E-state index contributed by atoms with van der Waals surface area (Å²) in [5.41, 5.74) is 0. The molecule has 90 valence electrons. The monoisotopic (exact) mass is 238 g/mol. The Bertz CT molecular complexity index is 276. The van der Waals surface area contributed by atoms with Crippen molar-refractivity contribution in [2.24, 2.45) is 0 Å². The summed E-state index contributed by atoms with van der Waals surface area (Å²) < 4.78 is 26.8. The number of rotatable bonds is 9. The predicted molar refractivity (Wildman–Crippen MR) is 56.7 cm³/mol. The van der Waals surface area contributed by atoms with Crippen molar-refractivity contribution in [3.05, 3.63) is 0 Å². The van der Waals surface area contributed by atoms with E-state index in [-0.39, 0.29) is 6.42 Å². The predicted octanol–water partition coefficient (Wildman–Crippen LogP) is 0.0753. The average Bonchev–Trinajstić information content (AvgIpc) is 2.10. The minimum absolute atomic E-state index is 0.139. The molecule has 0 aliphatic carbocycles. The van der Waals surface area contributed by atoms with E-state index in [9.17, 15) is 13.2 Å². The second kappa shape index (κ2) is 7.61. The van der Waals surface area contributed by atoms with Crippen LogP contribution in [0.3, 0.4) is 0 Å². The van der Waals surface area contributed by atoms with Gasteiger partial charge in [-0.15, -0.1) is 0 Å². The number of aliphatic carboxylic acids is 1. The smallest absolute Gasteiger partial charge is 0.303 e. The van der Waals surface area contributed by atoms with Crippen LogP contribution in [0.15, 0.2) is 0 Å². The Morgan fingerprint density at radius 2 is 1.87 bits per heavy atom. The van der Waals surface area contributed by atoms with E-state index < -0.39 is 16.2 Å². The van der Waals surface area contributed by atoms with Crippen molar-refractivity contribution < 1.29 is 18.3 Å². The van der Waals surface area contributed by atoms with Crippen LogP contribution in [0.1, 0.15) is 32.6 Å². The van der Waals surface area contributed by atoms with Crippen molar-refractivity contribution in [2.45, 2.75) is 32.6 Å². The first kappa shape index (κ1) is 14.3. The van der Waals surface area contributed by atoms with Gasteiger partial charge in [-0.05, 0) is 12.8 Å². The maximum absolute atomic E-state index is 11.1. The van der Waals surface area contributed by atoms with Crippen LogP contribution in [0.5, 0.6) is 0 Å². The third-order valence-corrected chi connectivity index (χ3v) is 2.95. The summed E-state index contributed by atoms with van der Waals surface area (Å²) >= 11 is 0. The van der Waals surface area contributed by atoms with Gasteiger partial charge < -0.3 is 5.11 Å². The highest BCUT2D eigenvalue weighted by Crippen LogP contribution is 1.98. The Hall–Kier alpha value is -0.660. The molecular formula is C8H18N2O4S. The van der Waals surface area contributed by atoms with Gasteiger partial charge in [-0.25, -0.2) is 9.44 Å². The van der Waals surface area contributed by atoms with Crippen LogP contribution >= 0.6 is 0 Å². The lowest BCUT2D eigenvalue weighted by molar-refractivity contribution is -0.137. The summed E-state index contributed by atoms with van der Waals surface area (Å²) in [7, 11) is -3.35. The molecule has 0 atom stereocenters. The lowest BCUT2D eigenvalue weighted by Crippen LogP contribution is -2.36. The number of carboxylic acid groups (broad SMARTS) is 1. The number of carbonyl (C=O) groups is 1. The third-order valence-electron chi connectivity index (χ3n) is 1.69. The number of carboxylic acids is 1. The molecule has 6 nitrogen and oxygen atoms in total. The van der Waals surface area contributed by atoms with Gasteiger partial charge in [-0.2, -0.15) is 8.42 Å². The van der Waals surface area contributed by atoms with Gasteiger partial charge in [0.2, 0.25) is 0 Å². The number of hydrogen-bond donors (Lipinski definition) is 3. The molecule has 0 amide bonds. The highest BCUT2D eigenvalue weighted by Gasteiger charge is 2.05. The topological polar surface area (TPSA) is 95.5 Å². The molecule has 0 aliphatic rings. The fraction of sp³-hybridized carbons (Fsp3) is 0.875. The Kier molecular flexibility index (Phi) is 7.27. The van der Waals surface area contributed by atoms with Crippen LogP contribution in [0, 0.1) is 0 Å². The standard InChI is InChI=1S/C8H18N2O4S/c1-2-9-15(13,14)10-7-5-3-4-6-8(11)12/h9-10H,2-7H2,1H3,(H,11,12). The first-order valence-electron chi connectivity index (χ1n) is 4.94. The molecule has 0 unspecified atom stereocenters. The maximum atomic E-state index is 11.1. The summed E-state index contributed by atoms with van der Waals surface area (Å²) in [6, 6.07) is 0. The van der Waals surface area contributed by atoms with E-state index in [1.165, 1.54) is 0 Å². The Morgan fingerprint density at radius 1 is 1.20 bits per heavy atom. The van der Waals surface area contributed by atoms with Crippen LogP contribution in [-0.4, -0.2) is 32.6 Å². The van der Waals surface area contributed by atoms with Gasteiger partial charge in [-0.3, -0.25) is 4.79 Å². The normalized spacial score (nSPS) is 11.5. The molecule has 7 heteroatoms. The second-order valence-electron chi connectivity index (χ2n) is 3.10. The lowest BCUT2D eigenvalue weighted by Gasteiger charge is -2.05. The van der Waals surface area contributed by atoms with Crippen LogP contribution < -0.4 is 9.44 Å². The minimum atomic E-state index is -3.35. The summed E-state index contributed by atoms with van der Waals surface area (Å²) in [5, 5.41) is 8.35. The van der Waals surface area contributed by atoms with Gasteiger partial charge in [0.1, 0.15) is 0 Å². The van der Waals surface area contributed by atoms with Gasteiger partial charge >= 0.3 is 5.97 Å². The molecule has 0 fully saturated rings. The third kappa shape index (κ3) is 9.64. The van der Waals surface area contributed by atoms with E-state index in [0.29, 0.717) is 32.4 Å². The number of nitrogens with one attached hydrogen (secondary N) is 2. The molecule has 0 spiro atoms. The molecule has 0 aromatic heterocycles. The largest absolute Gasteiger partial charge is 0.481 e. The number of unbranched alkanes of at least 4 members (excludes halogenated alkanes) is 2. The Balaban J connectivity index is 3.42. The highest BCUT2D eigenvalue weighted by molar-refractivity contribution is 7.87. The molecule has 0 aromatic carbocycles. The van der Waals surface area contributed by atoms with Crippen molar-refractivity contribution in [1.82, 2.24) is 9.44 Å². The zero-order valence-electron chi connectivity index (χ0n) is 8.82. The van der Waals surface area contributed by atoms with Gasteiger partial charge in [0.25, 0.3) is 10.2 Å². The van der Waals surface area contributed by atoms with Crippen LogP contribution in [0.2, 0.25) is 0 Å². The quantitative estimate of drug-likeness (QED) is 0.495. The van der Waals surface area contributed by atoms with E-state index >= 15 is 0 Å². The molecule has 0 bridgehead atoms. The fourth-order valence-corrected chi connectivity index (χ4v) is 1.92. The maximum Gasteiger partial charge on any atom is 0.303 e. The van der Waals surface area contributed by atoms with Crippen molar-refractivity contribution in [3.63, 3.8) is 0 Å². The van der Waals surface area contributed by atoms with E-state index in [2.05, 4.69) is 9.44 Å². The Morgan fingerprint density at radius 3 is 2.40 bits per heavy atom. The molecule has 3 N–H and O–H groups in total.